The number of nitrogens with zero attached hydrogens (tertiary/aromatic N) is 1. The van der Waals surface area contributed by atoms with Crippen molar-refractivity contribution in [3.05, 3.63) is 0 Å². The Balaban J connectivity index is 3.37. The molecular formula is C41H65N9O19. The molecule has 10 unspecified atom stereocenters. The summed E-state index contributed by atoms with van der Waals surface area (Å²) >= 11 is 0. The topological polar surface area (TPSA) is 457 Å². The Morgan fingerprint density at radius 3 is 1.39 bits per heavy atom. The fourth-order valence-corrected chi connectivity index (χ4v) is 6.84. The first-order valence-corrected chi connectivity index (χ1v) is 21.9. The largest absolute Gasteiger partial charge is 0.481 e. The van der Waals surface area contributed by atoms with E-state index in [-0.39, 0.29) is 31.7 Å². The minimum Gasteiger partial charge on any atom is -0.481 e. The molecule has 1 fully saturated rings. The predicted molar refractivity (Wildman–Crippen MR) is 234 cm³/mol. The zero-order chi connectivity index (χ0) is 53.0. The highest BCUT2D eigenvalue weighted by Crippen LogP contribution is 2.21. The number of nitrogens with two attached hydrogens (primary N) is 1. The first kappa shape index (κ1) is 60.0. The van der Waals surface area contributed by atoms with Crippen LogP contribution in [0, 0.1) is 11.8 Å². The molecule has 0 aromatic rings. The molecule has 1 heterocycles. The summed E-state index contributed by atoms with van der Waals surface area (Å²) in [7, 11) is 0. The first-order chi connectivity index (χ1) is 32.0. The maximum absolute atomic E-state index is 14.2. The lowest BCUT2D eigenvalue weighted by atomic mass is 10.0. The van der Waals surface area contributed by atoms with E-state index in [4.69, 9.17) is 15.9 Å². The van der Waals surface area contributed by atoms with Crippen LogP contribution in [0.15, 0.2) is 0 Å². The van der Waals surface area contributed by atoms with Gasteiger partial charge < -0.3 is 78.5 Å². The Hall–Kier alpha value is -6.97. The van der Waals surface area contributed by atoms with Crippen molar-refractivity contribution >= 4 is 77.1 Å². The molecule has 0 aromatic carbocycles. The molecular weight excluding hydrogens is 922 g/mol. The molecule has 15 N–H and O–H groups in total. The van der Waals surface area contributed by atoms with Crippen LogP contribution in [0.1, 0.15) is 99.3 Å². The van der Waals surface area contributed by atoms with Gasteiger partial charge in [0.25, 0.3) is 0 Å². The molecule has 8 amide bonds. The maximum atomic E-state index is 14.2. The molecule has 388 valence electrons. The van der Waals surface area contributed by atoms with E-state index in [0.29, 0.717) is 0 Å². The van der Waals surface area contributed by atoms with Gasteiger partial charge in [0, 0.05) is 19.4 Å². The number of carbonyl (C=O) groups is 13. The third kappa shape index (κ3) is 20.8. The SMILES string of the molecule is CC(C)CC(NC(=O)C(CC(=O)O)NC(=O)C(CC(=O)O)NC(=O)C(CCC(=O)O)NC(=O)C(C)N)C(=O)N1CCCC1C(=O)NC(C(=O)NC(C(=O)NC(CCC(=O)O)C(=O)O)C(C)C)C(C)O. The number of carboxylic acids is 5. The smallest absolute Gasteiger partial charge is 0.326 e. The molecule has 0 aromatic heterocycles. The van der Waals surface area contributed by atoms with Gasteiger partial charge in [0.15, 0.2) is 0 Å². The van der Waals surface area contributed by atoms with Crippen molar-refractivity contribution in [3.8, 4) is 0 Å². The van der Waals surface area contributed by atoms with E-state index >= 15 is 0 Å². The molecule has 0 saturated carbocycles. The second-order valence-electron chi connectivity index (χ2n) is 17.3. The van der Waals surface area contributed by atoms with Gasteiger partial charge in [-0.05, 0) is 57.8 Å². The molecule has 1 aliphatic rings. The lowest BCUT2D eigenvalue weighted by Crippen LogP contribution is -2.62. The highest BCUT2D eigenvalue weighted by Gasteiger charge is 2.42. The Bertz CT molecular complexity index is 1930. The van der Waals surface area contributed by atoms with Gasteiger partial charge in [0.05, 0.1) is 25.0 Å². The van der Waals surface area contributed by atoms with Crippen molar-refractivity contribution in [3.63, 3.8) is 0 Å². The van der Waals surface area contributed by atoms with E-state index in [1.807, 2.05) is 0 Å². The summed E-state index contributed by atoms with van der Waals surface area (Å²) in [5.74, 6) is -17.3. The number of carboxylic acid groups (broad SMARTS) is 5. The number of likely N-dealkylation sites (tertiary alicyclic amines) is 1. The molecule has 10 atom stereocenters. The van der Waals surface area contributed by atoms with Gasteiger partial charge in [-0.1, -0.05) is 27.7 Å². The highest BCUT2D eigenvalue weighted by molar-refractivity contribution is 5.99. The average Bonchev–Trinajstić information content (AvgIpc) is 3.72. The molecule has 69 heavy (non-hydrogen) atoms. The average molecular weight is 988 g/mol. The zero-order valence-corrected chi connectivity index (χ0v) is 39.0. The van der Waals surface area contributed by atoms with Crippen molar-refractivity contribution < 1.29 is 93.0 Å². The van der Waals surface area contributed by atoms with Crippen LogP contribution in [0.3, 0.4) is 0 Å². The first-order valence-electron chi connectivity index (χ1n) is 21.9. The number of aliphatic hydroxyl groups is 1. The number of hydrogen-bond acceptors (Lipinski definition) is 15. The quantitative estimate of drug-likeness (QED) is 0.0323. The van der Waals surface area contributed by atoms with Crippen molar-refractivity contribution in [2.75, 3.05) is 6.54 Å². The van der Waals surface area contributed by atoms with Gasteiger partial charge in [0.2, 0.25) is 47.3 Å². The van der Waals surface area contributed by atoms with Crippen LogP contribution >= 0.6 is 0 Å². The number of amides is 8. The second-order valence-corrected chi connectivity index (χ2v) is 17.3. The number of aliphatic carboxylic acids is 5. The third-order valence-corrected chi connectivity index (χ3v) is 10.4. The summed E-state index contributed by atoms with van der Waals surface area (Å²) in [5.41, 5.74) is 5.52. The fourth-order valence-electron chi connectivity index (χ4n) is 6.84. The monoisotopic (exact) mass is 987 g/mol. The minimum atomic E-state index is -2.03. The molecule has 0 radical (unpaired) electrons. The number of hydrogen-bond donors (Lipinski definition) is 14. The number of rotatable bonds is 30. The summed E-state index contributed by atoms with van der Waals surface area (Å²) < 4.78 is 0. The van der Waals surface area contributed by atoms with Gasteiger partial charge >= 0.3 is 29.8 Å². The number of nitrogens with one attached hydrogen (secondary N) is 7. The van der Waals surface area contributed by atoms with Crippen LogP contribution in [0.25, 0.3) is 0 Å². The van der Waals surface area contributed by atoms with Crippen LogP contribution in [-0.2, 0) is 62.3 Å². The fraction of sp³-hybridized carbons (Fsp3) is 0.683. The van der Waals surface area contributed by atoms with E-state index in [1.165, 1.54) is 20.8 Å². The van der Waals surface area contributed by atoms with E-state index in [9.17, 15) is 82.8 Å². The van der Waals surface area contributed by atoms with Crippen molar-refractivity contribution in [2.24, 2.45) is 17.6 Å². The van der Waals surface area contributed by atoms with Gasteiger partial charge in [-0.15, -0.1) is 0 Å². The van der Waals surface area contributed by atoms with Crippen LogP contribution in [-0.4, -0.2) is 180 Å². The van der Waals surface area contributed by atoms with E-state index in [1.54, 1.807) is 13.8 Å². The highest BCUT2D eigenvalue weighted by atomic mass is 16.4. The summed E-state index contributed by atoms with van der Waals surface area (Å²) in [5, 5.41) is 72.9. The number of carbonyl (C=O) groups excluding carboxylic acids is 8. The van der Waals surface area contributed by atoms with Crippen molar-refractivity contribution in [2.45, 2.75) is 160 Å². The Morgan fingerprint density at radius 1 is 0.536 bits per heavy atom. The van der Waals surface area contributed by atoms with Crippen LogP contribution in [0.5, 0.6) is 0 Å². The summed E-state index contributed by atoms with van der Waals surface area (Å²) in [4.78, 5) is 166. The normalized spacial score (nSPS) is 17.2. The van der Waals surface area contributed by atoms with E-state index in [0.717, 1.165) is 11.8 Å². The third-order valence-electron chi connectivity index (χ3n) is 10.4. The zero-order valence-electron chi connectivity index (χ0n) is 39.0. The second kappa shape index (κ2) is 28.4. The van der Waals surface area contributed by atoms with Gasteiger partial charge in [-0.3, -0.25) is 57.5 Å². The molecule has 28 heteroatoms. The Labute approximate surface area is 395 Å². The van der Waals surface area contributed by atoms with Crippen LogP contribution < -0.4 is 43.0 Å². The Kier molecular flexibility index (Phi) is 24.7. The lowest BCUT2D eigenvalue weighted by molar-refractivity contribution is -0.145. The predicted octanol–water partition coefficient (Wildman–Crippen LogP) is -4.44. The molecule has 1 saturated heterocycles. The standard InChI is InChI=1S/C41H65N9O19/c1-17(2)14-25(47-36(63)24(16-30(58)59)46-35(62)23(15-29(56)57)45-34(61)21(9-11-27(52)53)43-33(60)19(5)42)40(67)50-13-7-8-26(50)37(64)49-32(20(6)51)39(66)48-31(18(3)4)38(65)44-22(41(68)69)10-12-28(54)55/h17-26,31-32,51H,7-16,42H2,1-6H3,(H,43,60)(H,44,65)(H,45,61)(H,46,62)(H,47,63)(H,48,66)(H,49,64)(H,52,53)(H,54,55)(H,56,57)(H,58,59)(H,68,69). The molecule has 1 aliphatic heterocycles. The molecule has 0 spiro atoms. The minimum absolute atomic E-state index is 0.0124. The van der Waals surface area contributed by atoms with Crippen LogP contribution in [0.4, 0.5) is 0 Å². The Morgan fingerprint density at radius 2 is 0.971 bits per heavy atom. The molecule has 0 aliphatic carbocycles. The van der Waals surface area contributed by atoms with Crippen LogP contribution in [0.2, 0.25) is 0 Å². The number of aliphatic hydroxyl groups excluding tert-OH is 1. The van der Waals surface area contributed by atoms with E-state index < -0.39 is 182 Å². The van der Waals surface area contributed by atoms with Crippen molar-refractivity contribution in [1.82, 2.24) is 42.1 Å². The van der Waals surface area contributed by atoms with Crippen molar-refractivity contribution in [1.29, 1.82) is 0 Å². The molecule has 1 rings (SSSR count). The summed E-state index contributed by atoms with van der Waals surface area (Å²) in [6.45, 7) is 8.62. The summed E-state index contributed by atoms with van der Waals surface area (Å²) in [6.07, 6.45) is -6.04. The van der Waals surface area contributed by atoms with Gasteiger partial charge in [0.1, 0.15) is 48.3 Å². The van der Waals surface area contributed by atoms with Gasteiger partial charge in [-0.25, -0.2) is 4.79 Å². The summed E-state index contributed by atoms with van der Waals surface area (Å²) in [6, 6.07) is -14.5. The lowest BCUT2D eigenvalue weighted by Gasteiger charge is -2.32. The molecule has 0 bridgehead atoms. The maximum Gasteiger partial charge on any atom is 0.326 e. The van der Waals surface area contributed by atoms with E-state index in [2.05, 4.69) is 37.2 Å². The van der Waals surface area contributed by atoms with Gasteiger partial charge in [-0.2, -0.15) is 0 Å². The molecule has 28 nitrogen and oxygen atoms in total.